The third-order valence-corrected chi connectivity index (χ3v) is 3.62. The predicted molar refractivity (Wildman–Crippen MR) is 63.2 cm³/mol. The second-order valence-electron chi connectivity index (χ2n) is 3.70. The van der Waals surface area contributed by atoms with E-state index in [-0.39, 0.29) is 11.0 Å². The first kappa shape index (κ1) is 13.0. The lowest BCUT2D eigenvalue weighted by Crippen LogP contribution is -2.05. The van der Waals surface area contributed by atoms with Gasteiger partial charge in [-0.1, -0.05) is 12.1 Å². The highest BCUT2D eigenvalue weighted by atomic mass is 35.7. The van der Waals surface area contributed by atoms with Gasteiger partial charge in [0, 0.05) is 24.2 Å². The Morgan fingerprint density at radius 3 is 2.39 bits per heavy atom. The van der Waals surface area contributed by atoms with E-state index in [2.05, 4.69) is 10.2 Å². The summed E-state index contributed by atoms with van der Waals surface area (Å²) in [7, 11) is 2.80. The minimum absolute atomic E-state index is 0.304. The SMILES string of the molecule is Cn1c(Cc2ccc(F)cc2)nnc1S(=O)(=O)Cl. The van der Waals surface area contributed by atoms with Crippen LogP contribution in [0.25, 0.3) is 0 Å². The fraction of sp³-hybridized carbons (Fsp3) is 0.200. The fourth-order valence-electron chi connectivity index (χ4n) is 1.50. The van der Waals surface area contributed by atoms with Gasteiger partial charge in [-0.3, -0.25) is 0 Å². The van der Waals surface area contributed by atoms with Crippen LogP contribution < -0.4 is 0 Å². The maximum atomic E-state index is 12.7. The molecule has 0 spiro atoms. The summed E-state index contributed by atoms with van der Waals surface area (Å²) in [6.45, 7) is 0. The summed E-state index contributed by atoms with van der Waals surface area (Å²) in [6, 6.07) is 5.84. The van der Waals surface area contributed by atoms with Crippen LogP contribution >= 0.6 is 10.7 Å². The molecule has 0 saturated heterocycles. The van der Waals surface area contributed by atoms with Gasteiger partial charge in [-0.2, -0.15) is 0 Å². The highest BCUT2D eigenvalue weighted by Gasteiger charge is 2.20. The Labute approximate surface area is 108 Å². The Morgan fingerprint density at radius 1 is 1.28 bits per heavy atom. The van der Waals surface area contributed by atoms with E-state index in [1.54, 1.807) is 12.1 Å². The molecule has 1 aromatic carbocycles. The number of halogens is 2. The predicted octanol–water partition coefficient (Wildman–Crippen LogP) is 1.47. The summed E-state index contributed by atoms with van der Waals surface area (Å²) >= 11 is 0. The molecule has 96 valence electrons. The Kier molecular flexibility index (Phi) is 3.36. The van der Waals surface area contributed by atoms with E-state index in [9.17, 15) is 12.8 Å². The number of hydrogen-bond donors (Lipinski definition) is 0. The minimum atomic E-state index is -3.91. The molecule has 18 heavy (non-hydrogen) atoms. The van der Waals surface area contributed by atoms with Crippen LogP contribution in [-0.4, -0.2) is 23.2 Å². The van der Waals surface area contributed by atoms with E-state index in [0.29, 0.717) is 12.2 Å². The van der Waals surface area contributed by atoms with Crippen LogP contribution in [-0.2, 0) is 22.5 Å². The van der Waals surface area contributed by atoms with Crippen molar-refractivity contribution in [1.29, 1.82) is 0 Å². The second kappa shape index (κ2) is 4.66. The molecule has 2 rings (SSSR count). The van der Waals surface area contributed by atoms with Crippen LogP contribution in [0.4, 0.5) is 4.39 Å². The molecule has 0 aliphatic carbocycles. The van der Waals surface area contributed by atoms with Crippen molar-refractivity contribution in [2.75, 3.05) is 0 Å². The third-order valence-electron chi connectivity index (χ3n) is 2.42. The molecule has 0 radical (unpaired) electrons. The summed E-state index contributed by atoms with van der Waals surface area (Å²) < 4.78 is 36.3. The molecule has 0 N–H and O–H groups in total. The van der Waals surface area contributed by atoms with Crippen molar-refractivity contribution in [3.05, 3.63) is 41.5 Å². The Hall–Kier alpha value is -1.47. The standard InChI is InChI=1S/C10H9ClFN3O2S/c1-15-9(13-14-10(15)18(11,16)17)6-7-2-4-8(12)5-3-7/h2-5H,6H2,1H3. The van der Waals surface area contributed by atoms with E-state index in [0.717, 1.165) is 5.56 Å². The van der Waals surface area contributed by atoms with Crippen LogP contribution in [0.15, 0.2) is 29.4 Å². The fourth-order valence-corrected chi connectivity index (χ4v) is 2.47. The summed E-state index contributed by atoms with van der Waals surface area (Å²) in [5.74, 6) is 0.0987. The van der Waals surface area contributed by atoms with Gasteiger partial charge in [0.15, 0.2) is 0 Å². The van der Waals surface area contributed by atoms with Gasteiger partial charge in [0.1, 0.15) is 11.6 Å². The molecule has 2 aromatic rings. The third kappa shape index (κ3) is 2.68. The van der Waals surface area contributed by atoms with Crippen LogP contribution in [0.1, 0.15) is 11.4 Å². The van der Waals surface area contributed by atoms with E-state index in [1.807, 2.05) is 0 Å². The average molecular weight is 290 g/mol. The maximum Gasteiger partial charge on any atom is 0.296 e. The number of hydrogen-bond acceptors (Lipinski definition) is 4. The van der Waals surface area contributed by atoms with Crippen molar-refractivity contribution >= 4 is 19.7 Å². The maximum absolute atomic E-state index is 12.7. The molecule has 0 fully saturated rings. The number of rotatable bonds is 3. The minimum Gasteiger partial charge on any atom is -0.304 e. The summed E-state index contributed by atoms with van der Waals surface area (Å²) in [6.07, 6.45) is 0.343. The van der Waals surface area contributed by atoms with Gasteiger partial charge < -0.3 is 4.57 Å². The van der Waals surface area contributed by atoms with Crippen molar-refractivity contribution in [2.45, 2.75) is 11.6 Å². The average Bonchev–Trinajstić information content (AvgIpc) is 2.63. The van der Waals surface area contributed by atoms with Gasteiger partial charge in [0.25, 0.3) is 14.2 Å². The molecule has 0 atom stereocenters. The highest BCUT2D eigenvalue weighted by Crippen LogP contribution is 2.14. The van der Waals surface area contributed by atoms with Gasteiger partial charge in [0.05, 0.1) is 0 Å². The van der Waals surface area contributed by atoms with Gasteiger partial charge >= 0.3 is 0 Å². The zero-order valence-electron chi connectivity index (χ0n) is 9.34. The van der Waals surface area contributed by atoms with Crippen LogP contribution in [0.3, 0.4) is 0 Å². The Morgan fingerprint density at radius 2 is 1.89 bits per heavy atom. The molecule has 0 aliphatic rings. The van der Waals surface area contributed by atoms with Gasteiger partial charge in [0.2, 0.25) is 0 Å². The molecule has 0 saturated carbocycles. The molecular weight excluding hydrogens is 281 g/mol. The van der Waals surface area contributed by atoms with Gasteiger partial charge in [-0.05, 0) is 17.7 Å². The number of benzene rings is 1. The summed E-state index contributed by atoms with van der Waals surface area (Å²) in [4.78, 5) is 0. The molecule has 0 bridgehead atoms. The quantitative estimate of drug-likeness (QED) is 0.803. The normalized spacial score (nSPS) is 11.7. The topological polar surface area (TPSA) is 64.8 Å². The zero-order chi connectivity index (χ0) is 13.3. The molecule has 1 heterocycles. The van der Waals surface area contributed by atoms with E-state index in [4.69, 9.17) is 10.7 Å². The molecule has 0 amide bonds. The Balaban J connectivity index is 2.31. The first-order valence-corrected chi connectivity index (χ1v) is 7.26. The van der Waals surface area contributed by atoms with Gasteiger partial charge in [-0.25, -0.2) is 12.8 Å². The van der Waals surface area contributed by atoms with Crippen LogP contribution in [0, 0.1) is 5.82 Å². The summed E-state index contributed by atoms with van der Waals surface area (Å²) in [5.41, 5.74) is 0.797. The first-order chi connectivity index (χ1) is 8.38. The Bertz CT molecular complexity index is 667. The molecular formula is C10H9ClFN3O2S. The molecule has 5 nitrogen and oxygen atoms in total. The lowest BCUT2D eigenvalue weighted by Gasteiger charge is -2.02. The second-order valence-corrected chi connectivity index (χ2v) is 6.16. The molecule has 1 aromatic heterocycles. The smallest absolute Gasteiger partial charge is 0.296 e. The molecule has 0 aliphatic heterocycles. The van der Waals surface area contributed by atoms with E-state index >= 15 is 0 Å². The highest BCUT2D eigenvalue weighted by molar-refractivity contribution is 8.13. The largest absolute Gasteiger partial charge is 0.304 e. The monoisotopic (exact) mass is 289 g/mol. The molecule has 8 heteroatoms. The van der Waals surface area contributed by atoms with Gasteiger partial charge in [-0.15, -0.1) is 10.2 Å². The zero-order valence-corrected chi connectivity index (χ0v) is 10.9. The molecule has 0 unspecified atom stereocenters. The van der Waals surface area contributed by atoms with Crippen LogP contribution in [0.5, 0.6) is 0 Å². The number of nitrogens with zero attached hydrogens (tertiary/aromatic N) is 3. The van der Waals surface area contributed by atoms with Crippen LogP contribution in [0.2, 0.25) is 0 Å². The van der Waals surface area contributed by atoms with Crippen molar-refractivity contribution in [2.24, 2.45) is 7.05 Å². The summed E-state index contributed by atoms with van der Waals surface area (Å²) in [5, 5.41) is 6.97. The van der Waals surface area contributed by atoms with Crippen molar-refractivity contribution in [3.8, 4) is 0 Å². The van der Waals surface area contributed by atoms with Crippen molar-refractivity contribution < 1.29 is 12.8 Å². The lowest BCUT2D eigenvalue weighted by molar-refractivity contribution is 0.591. The lowest BCUT2D eigenvalue weighted by atomic mass is 10.1. The number of aromatic nitrogens is 3. The van der Waals surface area contributed by atoms with Crippen molar-refractivity contribution in [1.82, 2.24) is 14.8 Å². The van der Waals surface area contributed by atoms with E-state index in [1.165, 1.54) is 23.7 Å². The van der Waals surface area contributed by atoms with E-state index < -0.39 is 9.05 Å². The first-order valence-electron chi connectivity index (χ1n) is 4.95. The van der Waals surface area contributed by atoms with Crippen molar-refractivity contribution in [3.63, 3.8) is 0 Å².